The first-order chi connectivity index (χ1) is 17.2. The number of para-hydroxylation sites is 1. The van der Waals surface area contributed by atoms with Gasteiger partial charge in [-0.25, -0.2) is 0 Å². The van der Waals surface area contributed by atoms with Crippen molar-refractivity contribution in [3.63, 3.8) is 0 Å². The van der Waals surface area contributed by atoms with Crippen molar-refractivity contribution >= 4 is 109 Å². The molecule has 1 N–H and O–H groups in total. The van der Waals surface area contributed by atoms with Crippen LogP contribution in [0.1, 0.15) is 11.1 Å². The van der Waals surface area contributed by atoms with E-state index in [1.807, 2.05) is 36.4 Å². The van der Waals surface area contributed by atoms with Crippen LogP contribution in [0.15, 0.2) is 65.6 Å². The van der Waals surface area contributed by atoms with E-state index in [-0.39, 0.29) is 4.91 Å². The van der Waals surface area contributed by atoms with E-state index in [9.17, 15) is 14.4 Å². The number of hydrogen-bond acceptors (Lipinski definition) is 5. The Morgan fingerprint density at radius 2 is 1.69 bits per heavy atom. The summed E-state index contributed by atoms with van der Waals surface area (Å²) in [7, 11) is 0. The van der Waals surface area contributed by atoms with Gasteiger partial charge in [-0.1, -0.05) is 47.5 Å². The van der Waals surface area contributed by atoms with Gasteiger partial charge >= 0.3 is 0 Å². The SMILES string of the molecule is O=C(CN1C(=O)S/C(=C/c2cc(I)c(OCc3ccc(Cl)cc3)c(I)c2)C1=O)Nc1ccccc1Cl. The Labute approximate surface area is 249 Å². The molecule has 0 aromatic heterocycles. The summed E-state index contributed by atoms with van der Waals surface area (Å²) in [6.45, 7) is -0.0164. The molecule has 1 aliphatic heterocycles. The molecule has 6 nitrogen and oxygen atoms in total. The van der Waals surface area contributed by atoms with Gasteiger partial charge in [-0.15, -0.1) is 0 Å². The van der Waals surface area contributed by atoms with Gasteiger partial charge in [-0.05, 0) is 111 Å². The van der Waals surface area contributed by atoms with Crippen molar-refractivity contribution in [2.24, 2.45) is 0 Å². The highest BCUT2D eigenvalue weighted by atomic mass is 127. The van der Waals surface area contributed by atoms with Gasteiger partial charge in [0, 0.05) is 5.02 Å². The van der Waals surface area contributed by atoms with Crippen molar-refractivity contribution in [3.05, 3.63) is 93.9 Å². The van der Waals surface area contributed by atoms with Crippen molar-refractivity contribution in [1.29, 1.82) is 0 Å². The van der Waals surface area contributed by atoms with Crippen molar-refractivity contribution in [1.82, 2.24) is 4.90 Å². The Morgan fingerprint density at radius 3 is 2.36 bits per heavy atom. The topological polar surface area (TPSA) is 75.7 Å². The quantitative estimate of drug-likeness (QED) is 0.200. The highest BCUT2D eigenvalue weighted by Gasteiger charge is 2.36. The molecule has 0 saturated carbocycles. The maximum Gasteiger partial charge on any atom is 0.294 e. The third kappa shape index (κ3) is 6.74. The van der Waals surface area contributed by atoms with E-state index in [1.165, 1.54) is 0 Å². The zero-order chi connectivity index (χ0) is 25.8. The second-order valence-electron chi connectivity index (χ2n) is 7.52. The fourth-order valence-electron chi connectivity index (χ4n) is 3.22. The number of carbonyl (C=O) groups excluding carboxylic acids is 3. The smallest absolute Gasteiger partial charge is 0.294 e. The normalized spacial score (nSPS) is 14.4. The fraction of sp³-hybridized carbons (Fsp3) is 0.0800. The molecule has 36 heavy (non-hydrogen) atoms. The number of halogens is 4. The van der Waals surface area contributed by atoms with Crippen LogP contribution in [-0.4, -0.2) is 28.5 Å². The Bertz CT molecular complexity index is 1360. The lowest BCUT2D eigenvalue weighted by Crippen LogP contribution is -2.36. The molecule has 0 aliphatic carbocycles. The third-order valence-electron chi connectivity index (χ3n) is 4.94. The third-order valence-corrected chi connectivity index (χ3v) is 8.03. The van der Waals surface area contributed by atoms with Gasteiger partial charge in [0.15, 0.2) is 0 Å². The molecule has 0 bridgehead atoms. The van der Waals surface area contributed by atoms with E-state index in [1.54, 1.807) is 30.3 Å². The average Bonchev–Trinajstić information content (AvgIpc) is 3.08. The summed E-state index contributed by atoms with van der Waals surface area (Å²) in [5.41, 5.74) is 2.14. The van der Waals surface area contributed by atoms with E-state index in [0.29, 0.717) is 22.3 Å². The fourth-order valence-corrected chi connectivity index (χ4v) is 6.50. The molecule has 0 radical (unpaired) electrons. The molecule has 184 valence electrons. The first-order valence-electron chi connectivity index (χ1n) is 10.4. The Hall–Kier alpha value is -1.80. The van der Waals surface area contributed by atoms with E-state index in [4.69, 9.17) is 27.9 Å². The second-order valence-corrected chi connectivity index (χ2v) is 11.7. The molecule has 3 aromatic rings. The highest BCUT2D eigenvalue weighted by Crippen LogP contribution is 2.35. The van der Waals surface area contributed by atoms with Gasteiger partial charge in [-0.2, -0.15) is 0 Å². The number of hydrogen-bond donors (Lipinski definition) is 1. The maximum atomic E-state index is 12.9. The van der Waals surface area contributed by atoms with Crippen LogP contribution >= 0.6 is 80.1 Å². The summed E-state index contributed by atoms with van der Waals surface area (Å²) in [5, 5.41) is 3.15. The van der Waals surface area contributed by atoms with Crippen molar-refractivity contribution in [2.45, 2.75) is 6.61 Å². The standard InChI is InChI=1S/C25H16Cl2I2N2O4S/c26-16-7-5-14(6-8-16)13-35-23-18(28)9-15(10-19(23)29)11-21-24(33)31(25(34)36-21)12-22(32)30-20-4-2-1-3-17(20)27/h1-11H,12-13H2,(H,30,32)/b21-11+. The van der Waals surface area contributed by atoms with Gasteiger partial charge in [0.2, 0.25) is 5.91 Å². The number of imide groups is 1. The molecule has 3 aromatic carbocycles. The highest BCUT2D eigenvalue weighted by molar-refractivity contribution is 14.1. The lowest BCUT2D eigenvalue weighted by molar-refractivity contribution is -0.127. The molecule has 1 fully saturated rings. The van der Waals surface area contributed by atoms with Gasteiger partial charge < -0.3 is 10.1 Å². The molecule has 1 saturated heterocycles. The lowest BCUT2D eigenvalue weighted by Gasteiger charge is -2.13. The van der Waals surface area contributed by atoms with Crippen molar-refractivity contribution in [2.75, 3.05) is 11.9 Å². The number of amides is 3. The average molecular weight is 765 g/mol. The van der Waals surface area contributed by atoms with E-state index in [2.05, 4.69) is 50.5 Å². The number of anilines is 1. The minimum atomic E-state index is -0.521. The van der Waals surface area contributed by atoms with Crippen LogP contribution in [0.2, 0.25) is 10.0 Å². The zero-order valence-electron chi connectivity index (χ0n) is 18.3. The van der Waals surface area contributed by atoms with Crippen LogP contribution in [0.3, 0.4) is 0 Å². The summed E-state index contributed by atoms with van der Waals surface area (Å²) >= 11 is 17.1. The molecule has 3 amide bonds. The maximum absolute atomic E-state index is 12.9. The van der Waals surface area contributed by atoms with Crippen LogP contribution in [-0.2, 0) is 16.2 Å². The number of ether oxygens (including phenoxy) is 1. The van der Waals surface area contributed by atoms with Gasteiger partial charge in [0.1, 0.15) is 18.9 Å². The minimum absolute atomic E-state index is 0.243. The number of rotatable bonds is 7. The number of benzene rings is 3. The van der Waals surface area contributed by atoms with Gasteiger partial charge in [0.25, 0.3) is 11.1 Å². The summed E-state index contributed by atoms with van der Waals surface area (Å²) in [6, 6.07) is 17.9. The van der Waals surface area contributed by atoms with Crippen LogP contribution in [0.25, 0.3) is 6.08 Å². The Morgan fingerprint density at radius 1 is 1.03 bits per heavy atom. The summed E-state index contributed by atoms with van der Waals surface area (Å²) < 4.78 is 7.73. The summed E-state index contributed by atoms with van der Waals surface area (Å²) in [6.07, 6.45) is 1.64. The van der Waals surface area contributed by atoms with Crippen molar-refractivity contribution < 1.29 is 19.1 Å². The molecule has 0 atom stereocenters. The number of thioether (sulfide) groups is 1. The van der Waals surface area contributed by atoms with Gasteiger partial charge in [0.05, 0.1) is 22.8 Å². The molecule has 0 unspecified atom stereocenters. The Balaban J connectivity index is 1.44. The predicted octanol–water partition coefficient (Wildman–Crippen LogP) is 7.46. The largest absolute Gasteiger partial charge is 0.487 e. The first kappa shape index (κ1) is 27.2. The number of carbonyl (C=O) groups is 3. The van der Waals surface area contributed by atoms with Crippen LogP contribution < -0.4 is 10.1 Å². The molecule has 1 aliphatic rings. The first-order valence-corrected chi connectivity index (χ1v) is 14.1. The molecular formula is C25H16Cl2I2N2O4S. The molecule has 4 rings (SSSR count). The predicted molar refractivity (Wildman–Crippen MR) is 160 cm³/mol. The van der Waals surface area contributed by atoms with Crippen LogP contribution in [0.4, 0.5) is 10.5 Å². The monoisotopic (exact) mass is 764 g/mol. The van der Waals surface area contributed by atoms with E-state index in [0.717, 1.165) is 40.7 Å². The number of nitrogens with one attached hydrogen (secondary N) is 1. The van der Waals surface area contributed by atoms with Crippen molar-refractivity contribution in [3.8, 4) is 5.75 Å². The zero-order valence-corrected chi connectivity index (χ0v) is 24.9. The molecular weight excluding hydrogens is 749 g/mol. The van der Waals surface area contributed by atoms with Gasteiger partial charge in [-0.3, -0.25) is 19.3 Å². The van der Waals surface area contributed by atoms with Crippen LogP contribution in [0, 0.1) is 7.14 Å². The molecule has 11 heteroatoms. The lowest BCUT2D eigenvalue weighted by atomic mass is 10.2. The van der Waals surface area contributed by atoms with Crippen LogP contribution in [0.5, 0.6) is 5.75 Å². The Kier molecular flexibility index (Phi) is 9.20. The second kappa shape index (κ2) is 12.2. The molecule has 0 spiro atoms. The number of nitrogens with zero attached hydrogens (tertiary/aromatic N) is 1. The molecule has 1 heterocycles. The summed E-state index contributed by atoms with van der Waals surface area (Å²) in [4.78, 5) is 38.9. The minimum Gasteiger partial charge on any atom is -0.487 e. The summed E-state index contributed by atoms with van der Waals surface area (Å²) in [5.74, 6) is -0.307. The van der Waals surface area contributed by atoms with E-state index >= 15 is 0 Å². The van der Waals surface area contributed by atoms with E-state index < -0.39 is 23.6 Å².